The van der Waals surface area contributed by atoms with Gasteiger partial charge in [-0.3, -0.25) is 19.4 Å². The number of imide groups is 2. The third kappa shape index (κ3) is 3.68. The highest BCUT2D eigenvalue weighted by Crippen LogP contribution is 2.13. The lowest BCUT2D eigenvalue weighted by Gasteiger charge is -2.31. The van der Waals surface area contributed by atoms with Gasteiger partial charge in [-0.1, -0.05) is 30.3 Å². The minimum atomic E-state index is -0.474. The van der Waals surface area contributed by atoms with E-state index < -0.39 is 11.9 Å². The second-order valence-corrected chi connectivity index (χ2v) is 5.09. The van der Waals surface area contributed by atoms with Crippen molar-refractivity contribution in [1.82, 2.24) is 9.80 Å². The summed E-state index contributed by atoms with van der Waals surface area (Å²) in [7, 11) is 0. The van der Waals surface area contributed by atoms with Crippen LogP contribution < -0.4 is 0 Å². The van der Waals surface area contributed by atoms with Crippen molar-refractivity contribution in [2.45, 2.75) is 32.6 Å². The highest BCUT2D eigenvalue weighted by Gasteiger charge is 2.36. The molecule has 2 rings (SSSR count). The van der Waals surface area contributed by atoms with Crippen LogP contribution in [0.3, 0.4) is 0 Å². The van der Waals surface area contributed by atoms with Crippen LogP contribution in [0.2, 0.25) is 0 Å². The molecule has 1 saturated heterocycles. The van der Waals surface area contributed by atoms with Crippen molar-refractivity contribution >= 4 is 17.8 Å². The first kappa shape index (κ1) is 15.2. The van der Waals surface area contributed by atoms with E-state index in [1.165, 1.54) is 10.5 Å². The minimum Gasteiger partial charge on any atom is -0.274 e. The van der Waals surface area contributed by atoms with Gasteiger partial charge in [0.25, 0.3) is 0 Å². The summed E-state index contributed by atoms with van der Waals surface area (Å²) in [6, 6.07) is 9.63. The molecule has 0 saturated carbocycles. The number of barbiturate groups is 1. The summed E-state index contributed by atoms with van der Waals surface area (Å²) < 4.78 is 0. The van der Waals surface area contributed by atoms with E-state index >= 15 is 0 Å². The molecule has 4 amide bonds. The Hall–Kier alpha value is -2.17. The Morgan fingerprint density at radius 1 is 0.952 bits per heavy atom. The van der Waals surface area contributed by atoms with E-state index in [1.807, 2.05) is 18.2 Å². The number of benzene rings is 1. The van der Waals surface area contributed by atoms with Crippen LogP contribution in [-0.4, -0.2) is 40.7 Å². The fourth-order valence-electron chi connectivity index (χ4n) is 2.45. The van der Waals surface area contributed by atoms with E-state index in [0.717, 1.165) is 24.2 Å². The molecule has 0 N–H and O–H groups in total. The molecule has 0 aromatic heterocycles. The molecule has 0 radical (unpaired) electrons. The molecule has 0 spiro atoms. The summed E-state index contributed by atoms with van der Waals surface area (Å²) in [5.74, 6) is -0.776. The van der Waals surface area contributed by atoms with Crippen LogP contribution >= 0.6 is 0 Å². The minimum absolute atomic E-state index is 0.196. The zero-order valence-corrected chi connectivity index (χ0v) is 12.2. The van der Waals surface area contributed by atoms with Gasteiger partial charge in [-0.05, 0) is 31.7 Å². The Kier molecular flexibility index (Phi) is 5.09. The van der Waals surface area contributed by atoms with Gasteiger partial charge in [-0.2, -0.15) is 0 Å². The third-order valence-corrected chi connectivity index (χ3v) is 3.62. The predicted octanol–water partition coefficient (Wildman–Crippen LogP) is 2.21. The second-order valence-electron chi connectivity index (χ2n) is 5.09. The number of aryl methyl sites for hydroxylation is 1. The second kappa shape index (κ2) is 7.02. The maximum Gasteiger partial charge on any atom is 0.333 e. The van der Waals surface area contributed by atoms with Crippen molar-refractivity contribution in [1.29, 1.82) is 0 Å². The first-order valence-electron chi connectivity index (χ1n) is 7.32. The molecule has 112 valence electrons. The van der Waals surface area contributed by atoms with Crippen LogP contribution in [0.1, 0.15) is 31.7 Å². The van der Waals surface area contributed by atoms with Gasteiger partial charge < -0.3 is 0 Å². The van der Waals surface area contributed by atoms with Gasteiger partial charge in [0.2, 0.25) is 11.8 Å². The average molecular weight is 288 g/mol. The predicted molar refractivity (Wildman–Crippen MR) is 78.5 cm³/mol. The van der Waals surface area contributed by atoms with E-state index in [4.69, 9.17) is 0 Å². The number of rotatable bonds is 6. The van der Waals surface area contributed by atoms with Crippen molar-refractivity contribution in [2.75, 3.05) is 13.1 Å². The quantitative estimate of drug-likeness (QED) is 0.595. The van der Waals surface area contributed by atoms with Crippen molar-refractivity contribution in [3.05, 3.63) is 35.9 Å². The normalized spacial score (nSPS) is 15.8. The lowest BCUT2D eigenvalue weighted by atomic mass is 10.1. The summed E-state index contributed by atoms with van der Waals surface area (Å²) in [6.45, 7) is 2.43. The summed E-state index contributed by atoms with van der Waals surface area (Å²) in [6.07, 6.45) is 2.38. The molecule has 1 fully saturated rings. The van der Waals surface area contributed by atoms with Crippen LogP contribution in [0.15, 0.2) is 30.3 Å². The summed E-state index contributed by atoms with van der Waals surface area (Å²) in [4.78, 5) is 37.8. The lowest BCUT2D eigenvalue weighted by molar-refractivity contribution is -0.142. The van der Waals surface area contributed by atoms with E-state index in [1.54, 1.807) is 6.92 Å². The molecule has 1 aromatic carbocycles. The van der Waals surface area contributed by atoms with Gasteiger partial charge in [-0.25, -0.2) is 4.79 Å². The molecular formula is C16H20N2O3. The molecular weight excluding hydrogens is 268 g/mol. The summed E-state index contributed by atoms with van der Waals surface area (Å²) >= 11 is 0. The fourth-order valence-corrected chi connectivity index (χ4v) is 2.45. The zero-order valence-electron chi connectivity index (χ0n) is 12.2. The first-order valence-corrected chi connectivity index (χ1v) is 7.32. The third-order valence-electron chi connectivity index (χ3n) is 3.62. The fraction of sp³-hybridized carbons (Fsp3) is 0.438. The van der Waals surface area contributed by atoms with Gasteiger partial charge in [-0.15, -0.1) is 0 Å². The Labute approximate surface area is 124 Å². The summed E-state index contributed by atoms with van der Waals surface area (Å²) in [5.41, 5.74) is 1.25. The Bertz CT molecular complexity index is 528. The Balaban J connectivity index is 1.83. The van der Waals surface area contributed by atoms with Gasteiger partial charge in [0.05, 0.1) is 0 Å². The molecule has 21 heavy (non-hydrogen) atoms. The Morgan fingerprint density at radius 2 is 1.62 bits per heavy atom. The van der Waals surface area contributed by atoms with E-state index in [0.29, 0.717) is 13.1 Å². The molecule has 1 heterocycles. The van der Waals surface area contributed by atoms with E-state index in [2.05, 4.69) is 12.1 Å². The zero-order chi connectivity index (χ0) is 15.2. The average Bonchev–Trinajstić information content (AvgIpc) is 2.47. The van der Waals surface area contributed by atoms with Crippen LogP contribution in [0.5, 0.6) is 0 Å². The van der Waals surface area contributed by atoms with Crippen molar-refractivity contribution in [3.8, 4) is 0 Å². The van der Waals surface area contributed by atoms with E-state index in [9.17, 15) is 14.4 Å². The number of carbonyl (C=O) groups is 3. The topological polar surface area (TPSA) is 57.7 Å². The Morgan fingerprint density at radius 3 is 2.29 bits per heavy atom. The number of hydrogen-bond donors (Lipinski definition) is 0. The van der Waals surface area contributed by atoms with Crippen LogP contribution in [0.25, 0.3) is 0 Å². The smallest absolute Gasteiger partial charge is 0.274 e. The molecule has 5 nitrogen and oxygen atoms in total. The molecule has 0 atom stereocenters. The standard InChI is InChI=1S/C16H20N2O3/c1-2-17-14(19)12-15(20)18(16(17)21)11-7-6-10-13-8-4-3-5-9-13/h3-5,8-9H,2,6-7,10-12H2,1H3. The lowest BCUT2D eigenvalue weighted by Crippen LogP contribution is -2.55. The van der Waals surface area contributed by atoms with Crippen molar-refractivity contribution in [3.63, 3.8) is 0 Å². The van der Waals surface area contributed by atoms with E-state index in [-0.39, 0.29) is 12.3 Å². The highest BCUT2D eigenvalue weighted by molar-refractivity contribution is 6.14. The molecule has 0 aliphatic carbocycles. The molecule has 0 unspecified atom stereocenters. The largest absolute Gasteiger partial charge is 0.333 e. The SMILES string of the molecule is CCN1C(=O)CC(=O)N(CCCCc2ccccc2)C1=O. The van der Waals surface area contributed by atoms with Crippen molar-refractivity contribution in [2.24, 2.45) is 0 Å². The maximum absolute atomic E-state index is 12.1. The number of amides is 4. The molecule has 5 heteroatoms. The molecule has 1 aliphatic rings. The summed E-state index contributed by atoms with van der Waals surface area (Å²) in [5, 5.41) is 0. The number of nitrogens with zero attached hydrogens (tertiary/aromatic N) is 2. The van der Waals surface area contributed by atoms with Gasteiger partial charge in [0, 0.05) is 13.1 Å². The van der Waals surface area contributed by atoms with Crippen LogP contribution in [0, 0.1) is 0 Å². The number of hydrogen-bond acceptors (Lipinski definition) is 3. The maximum atomic E-state index is 12.1. The molecule has 1 aliphatic heterocycles. The van der Waals surface area contributed by atoms with Crippen molar-refractivity contribution < 1.29 is 14.4 Å². The van der Waals surface area contributed by atoms with Crippen LogP contribution in [-0.2, 0) is 16.0 Å². The molecule has 1 aromatic rings. The van der Waals surface area contributed by atoms with Gasteiger partial charge in [0.1, 0.15) is 6.42 Å². The number of urea groups is 1. The van der Waals surface area contributed by atoms with Gasteiger partial charge >= 0.3 is 6.03 Å². The monoisotopic (exact) mass is 288 g/mol. The number of unbranched alkanes of at least 4 members (excludes halogenated alkanes) is 1. The highest BCUT2D eigenvalue weighted by atomic mass is 16.2. The number of carbonyl (C=O) groups excluding carboxylic acids is 3. The van der Waals surface area contributed by atoms with Crippen LogP contribution in [0.4, 0.5) is 4.79 Å². The first-order chi connectivity index (χ1) is 10.1. The molecule has 0 bridgehead atoms. The van der Waals surface area contributed by atoms with Gasteiger partial charge in [0.15, 0.2) is 0 Å².